The van der Waals surface area contributed by atoms with Crippen molar-refractivity contribution in [3.63, 3.8) is 0 Å². The molecule has 2 nitrogen and oxygen atoms in total. The summed E-state index contributed by atoms with van der Waals surface area (Å²) >= 11 is 6.62. The van der Waals surface area contributed by atoms with Crippen molar-refractivity contribution in [1.82, 2.24) is 4.98 Å². The minimum Gasteiger partial charge on any atom is -0.288 e. The van der Waals surface area contributed by atoms with E-state index in [0.717, 1.165) is 0 Å². The first kappa shape index (κ1) is 12.2. The van der Waals surface area contributed by atoms with Crippen molar-refractivity contribution in [1.29, 1.82) is 0 Å². The van der Waals surface area contributed by atoms with Gasteiger partial charge in [-0.3, -0.25) is 4.79 Å². The summed E-state index contributed by atoms with van der Waals surface area (Å²) in [7, 11) is 0. The molecule has 0 unspecified atom stereocenters. The zero-order chi connectivity index (χ0) is 11.3. The topological polar surface area (TPSA) is 30.0 Å². The van der Waals surface area contributed by atoms with Gasteiger partial charge in [0.05, 0.1) is 0 Å². The first-order chi connectivity index (χ1) is 7.09. The molecule has 0 aliphatic heterocycles. The van der Waals surface area contributed by atoms with Crippen LogP contribution in [-0.4, -0.2) is 15.9 Å². The lowest BCUT2D eigenvalue weighted by Gasteiger charge is -1.95. The second kappa shape index (κ2) is 5.88. The minimum atomic E-state index is -0.543. The van der Waals surface area contributed by atoms with Gasteiger partial charge < -0.3 is 0 Å². The highest BCUT2D eigenvalue weighted by Gasteiger charge is 1.99. The van der Waals surface area contributed by atoms with Crippen LogP contribution in [0.5, 0.6) is 0 Å². The van der Waals surface area contributed by atoms with Crippen LogP contribution in [0.25, 0.3) is 6.08 Å². The molecule has 15 heavy (non-hydrogen) atoms. The Hall–Kier alpha value is -0.870. The molecule has 0 atom stereocenters. The van der Waals surface area contributed by atoms with Crippen LogP contribution in [0.15, 0.2) is 18.3 Å². The number of halogens is 2. The average Bonchev–Trinajstić information content (AvgIpc) is 2.18. The summed E-state index contributed by atoms with van der Waals surface area (Å²) < 4.78 is 12.9. The van der Waals surface area contributed by atoms with Crippen LogP contribution < -0.4 is 0 Å². The first-order valence-corrected chi connectivity index (χ1v) is 5.57. The second-order valence-electron chi connectivity index (χ2n) is 2.75. The number of carbonyl (C=O) groups excluding carboxylic acids is 1. The Kier molecular flexibility index (Phi) is 4.78. The highest BCUT2D eigenvalue weighted by molar-refractivity contribution is 8.13. The van der Waals surface area contributed by atoms with Crippen molar-refractivity contribution in [3.05, 3.63) is 34.9 Å². The summed E-state index contributed by atoms with van der Waals surface area (Å²) in [4.78, 5) is 14.3. The van der Waals surface area contributed by atoms with Crippen LogP contribution in [0.4, 0.5) is 4.39 Å². The molecule has 0 amide bonds. The fraction of sp³-hybridized carbons (Fsp3) is 0.200. The maximum Gasteiger partial charge on any atom is 0.186 e. The van der Waals surface area contributed by atoms with E-state index in [1.54, 1.807) is 12.2 Å². The quantitative estimate of drug-likeness (QED) is 0.767. The highest BCUT2D eigenvalue weighted by Crippen LogP contribution is 2.13. The van der Waals surface area contributed by atoms with Crippen molar-refractivity contribution in [2.24, 2.45) is 0 Å². The number of hydrogen-bond donors (Lipinski definition) is 0. The molecule has 0 aromatic carbocycles. The van der Waals surface area contributed by atoms with Gasteiger partial charge in [-0.05, 0) is 11.6 Å². The maximum absolute atomic E-state index is 12.9. The lowest BCUT2D eigenvalue weighted by molar-refractivity contribution is -0.109. The first-order valence-electron chi connectivity index (χ1n) is 4.20. The van der Waals surface area contributed by atoms with Gasteiger partial charge in [0.25, 0.3) is 0 Å². The maximum atomic E-state index is 12.9. The molecule has 0 aliphatic carbocycles. The summed E-state index contributed by atoms with van der Waals surface area (Å²) in [5.74, 6) is 0.0255. The largest absolute Gasteiger partial charge is 0.288 e. The Bertz CT molecular complexity index is 395. The molecule has 0 bridgehead atoms. The molecule has 0 saturated carbocycles. The average molecular weight is 246 g/mol. The van der Waals surface area contributed by atoms with Gasteiger partial charge in [-0.15, -0.1) is 0 Å². The summed E-state index contributed by atoms with van der Waals surface area (Å²) in [6.45, 7) is 1.50. The zero-order valence-corrected chi connectivity index (χ0v) is 9.61. The molecular formula is C10H9ClFNOS. The number of hydrogen-bond acceptors (Lipinski definition) is 3. The van der Waals surface area contributed by atoms with Gasteiger partial charge in [0, 0.05) is 18.9 Å². The Morgan fingerprint density at radius 1 is 1.73 bits per heavy atom. The Labute approximate surface area is 96.5 Å². The third kappa shape index (κ3) is 4.44. The number of thioether (sulfide) groups is 1. The van der Waals surface area contributed by atoms with E-state index in [4.69, 9.17) is 11.6 Å². The van der Waals surface area contributed by atoms with Crippen molar-refractivity contribution >= 4 is 34.6 Å². The van der Waals surface area contributed by atoms with E-state index in [1.165, 1.54) is 30.9 Å². The number of carbonyl (C=O) groups is 1. The van der Waals surface area contributed by atoms with Crippen LogP contribution in [0.1, 0.15) is 12.5 Å². The molecule has 5 heteroatoms. The van der Waals surface area contributed by atoms with Crippen LogP contribution in [0.2, 0.25) is 5.15 Å². The summed E-state index contributed by atoms with van der Waals surface area (Å²) in [6, 6.07) is 1.30. The van der Waals surface area contributed by atoms with E-state index in [0.29, 0.717) is 11.3 Å². The summed E-state index contributed by atoms with van der Waals surface area (Å²) in [5, 5.41) is -0.0784. The molecule has 80 valence electrons. The van der Waals surface area contributed by atoms with Gasteiger partial charge in [0.2, 0.25) is 0 Å². The van der Waals surface area contributed by atoms with Gasteiger partial charge in [0.1, 0.15) is 0 Å². The third-order valence-electron chi connectivity index (χ3n) is 1.51. The van der Waals surface area contributed by atoms with E-state index < -0.39 is 5.82 Å². The Morgan fingerprint density at radius 2 is 2.47 bits per heavy atom. The molecular weight excluding hydrogens is 237 g/mol. The van der Waals surface area contributed by atoms with Crippen molar-refractivity contribution in [3.8, 4) is 0 Å². The zero-order valence-electron chi connectivity index (χ0n) is 8.04. The van der Waals surface area contributed by atoms with Gasteiger partial charge in [0.15, 0.2) is 16.1 Å². The molecule has 1 rings (SSSR count). The molecule has 1 aromatic heterocycles. The summed E-state index contributed by atoms with van der Waals surface area (Å²) in [5.41, 5.74) is 0.626. The van der Waals surface area contributed by atoms with Crippen LogP contribution >= 0.6 is 23.4 Å². The van der Waals surface area contributed by atoms with Crippen LogP contribution in [0, 0.1) is 5.82 Å². The number of pyridine rings is 1. The van der Waals surface area contributed by atoms with E-state index >= 15 is 0 Å². The fourth-order valence-electron chi connectivity index (χ4n) is 0.877. The lowest BCUT2D eigenvalue weighted by atomic mass is 10.2. The predicted molar refractivity (Wildman–Crippen MR) is 61.4 cm³/mol. The minimum absolute atomic E-state index is 0.0556. The van der Waals surface area contributed by atoms with E-state index in [9.17, 15) is 9.18 Å². The summed E-state index contributed by atoms with van der Waals surface area (Å²) in [6.07, 6.45) is 4.94. The predicted octanol–water partition coefficient (Wildman–Crippen LogP) is 3.17. The van der Waals surface area contributed by atoms with Gasteiger partial charge >= 0.3 is 0 Å². The molecule has 0 N–H and O–H groups in total. The van der Waals surface area contributed by atoms with Gasteiger partial charge in [-0.1, -0.05) is 35.5 Å². The standard InChI is InChI=1S/C10H9ClFNOS/c1-7(14)15-4-2-3-8-5-9(12)10(11)13-6-8/h2-3,5-6H,4H2,1H3. The number of rotatable bonds is 3. The lowest BCUT2D eigenvalue weighted by Crippen LogP contribution is -1.85. The fourth-order valence-corrected chi connectivity index (χ4v) is 1.41. The van der Waals surface area contributed by atoms with Crippen LogP contribution in [-0.2, 0) is 4.79 Å². The molecule has 1 aromatic rings. The molecule has 1 heterocycles. The van der Waals surface area contributed by atoms with E-state index in [2.05, 4.69) is 4.98 Å². The van der Waals surface area contributed by atoms with Gasteiger partial charge in [-0.25, -0.2) is 9.37 Å². The van der Waals surface area contributed by atoms with Crippen LogP contribution in [0.3, 0.4) is 0 Å². The Balaban J connectivity index is 2.57. The molecule has 0 spiro atoms. The van der Waals surface area contributed by atoms with Crippen molar-refractivity contribution in [2.45, 2.75) is 6.92 Å². The SMILES string of the molecule is CC(=O)SCC=Cc1cnc(Cl)c(F)c1. The Morgan fingerprint density at radius 3 is 3.07 bits per heavy atom. The number of aromatic nitrogens is 1. The third-order valence-corrected chi connectivity index (χ3v) is 2.55. The smallest absolute Gasteiger partial charge is 0.186 e. The van der Waals surface area contributed by atoms with Crippen molar-refractivity contribution < 1.29 is 9.18 Å². The van der Waals surface area contributed by atoms with E-state index in [-0.39, 0.29) is 10.3 Å². The van der Waals surface area contributed by atoms with Gasteiger partial charge in [-0.2, -0.15) is 0 Å². The molecule has 0 fully saturated rings. The second-order valence-corrected chi connectivity index (χ2v) is 4.30. The molecule has 0 aliphatic rings. The molecule has 0 saturated heterocycles. The van der Waals surface area contributed by atoms with E-state index in [1.807, 2.05) is 0 Å². The normalized spacial score (nSPS) is 10.9. The van der Waals surface area contributed by atoms with Crippen molar-refractivity contribution in [2.75, 3.05) is 5.75 Å². The monoisotopic (exact) mass is 245 g/mol. The molecule has 0 radical (unpaired) electrons. The number of nitrogens with zero attached hydrogens (tertiary/aromatic N) is 1. The highest BCUT2D eigenvalue weighted by atomic mass is 35.5.